The lowest BCUT2D eigenvalue weighted by molar-refractivity contribution is -0.137. The monoisotopic (exact) mass is 433 g/mol. The lowest BCUT2D eigenvalue weighted by Crippen LogP contribution is -2.07. The van der Waals surface area contributed by atoms with Gasteiger partial charge in [0.25, 0.3) is 0 Å². The molecule has 7 heteroatoms. The fourth-order valence-corrected chi connectivity index (χ4v) is 5.94. The highest BCUT2D eigenvalue weighted by molar-refractivity contribution is 7.99. The number of aryl methyl sites for hydroxylation is 2. The zero-order valence-electron chi connectivity index (χ0n) is 17.5. The summed E-state index contributed by atoms with van der Waals surface area (Å²) in [5, 5.41) is 9.11. The number of pyridine rings is 1. The molecule has 5 rings (SSSR count). The van der Waals surface area contributed by atoms with Crippen LogP contribution in [0, 0.1) is 13.8 Å². The minimum atomic E-state index is -0.772. The second-order valence-corrected chi connectivity index (χ2v) is 9.17. The number of fused-ring (bicyclic) bond motifs is 2. The van der Waals surface area contributed by atoms with Crippen molar-refractivity contribution >= 4 is 17.7 Å². The highest BCUT2D eigenvalue weighted by atomic mass is 32.2. The topological polar surface area (TPSA) is 85.2 Å². The third-order valence-corrected chi connectivity index (χ3v) is 7.38. The van der Waals surface area contributed by atoms with Gasteiger partial charge in [0.15, 0.2) is 0 Å². The first-order valence-corrected chi connectivity index (χ1v) is 11.4. The summed E-state index contributed by atoms with van der Waals surface area (Å²) in [4.78, 5) is 25.5. The molecule has 0 fully saturated rings. The molecule has 0 saturated carbocycles. The number of aliphatic carboxylic acids is 1. The highest BCUT2D eigenvalue weighted by Gasteiger charge is 2.30. The number of hydrogen-bond acceptors (Lipinski definition) is 6. The first-order valence-electron chi connectivity index (χ1n) is 10.4. The fraction of sp³-hybridized carbons (Fsp3) is 0.333. The maximum absolute atomic E-state index is 11.1. The Kier molecular flexibility index (Phi) is 5.14. The summed E-state index contributed by atoms with van der Waals surface area (Å²) in [6.07, 6.45) is 5.32. The number of carboxylic acids is 1. The Morgan fingerprint density at radius 2 is 2.00 bits per heavy atom. The molecule has 3 heterocycles. The van der Waals surface area contributed by atoms with Crippen LogP contribution in [0.3, 0.4) is 0 Å². The molecular weight excluding hydrogens is 410 g/mol. The van der Waals surface area contributed by atoms with E-state index in [0.29, 0.717) is 5.88 Å². The van der Waals surface area contributed by atoms with E-state index in [2.05, 4.69) is 33.2 Å². The zero-order valence-corrected chi connectivity index (χ0v) is 18.3. The van der Waals surface area contributed by atoms with E-state index in [1.165, 1.54) is 16.7 Å². The van der Waals surface area contributed by atoms with Gasteiger partial charge < -0.3 is 9.84 Å². The predicted molar refractivity (Wildman–Crippen MR) is 119 cm³/mol. The van der Waals surface area contributed by atoms with Gasteiger partial charge in [0.05, 0.1) is 6.42 Å². The molecule has 1 aliphatic heterocycles. The van der Waals surface area contributed by atoms with E-state index in [1.54, 1.807) is 24.3 Å². The Morgan fingerprint density at radius 1 is 1.19 bits per heavy atom. The van der Waals surface area contributed by atoms with Crippen molar-refractivity contribution in [2.45, 2.75) is 50.0 Å². The molecule has 2 atom stereocenters. The van der Waals surface area contributed by atoms with Gasteiger partial charge in [0, 0.05) is 45.8 Å². The molecule has 6 nitrogen and oxygen atoms in total. The molecular formula is C24H23N3O3S. The second-order valence-electron chi connectivity index (χ2n) is 8.10. The molecule has 0 amide bonds. The highest BCUT2D eigenvalue weighted by Crippen LogP contribution is 2.44. The van der Waals surface area contributed by atoms with Crippen molar-refractivity contribution in [1.29, 1.82) is 0 Å². The van der Waals surface area contributed by atoms with Crippen LogP contribution in [0.2, 0.25) is 0 Å². The van der Waals surface area contributed by atoms with Crippen LogP contribution in [0.1, 0.15) is 52.9 Å². The first-order chi connectivity index (χ1) is 15.0. The van der Waals surface area contributed by atoms with Crippen LogP contribution in [0.5, 0.6) is 5.88 Å². The largest absolute Gasteiger partial charge is 0.481 e. The van der Waals surface area contributed by atoms with Crippen molar-refractivity contribution < 1.29 is 14.6 Å². The third kappa shape index (κ3) is 3.67. The Morgan fingerprint density at radius 3 is 2.77 bits per heavy atom. The van der Waals surface area contributed by atoms with Gasteiger partial charge in [-0.3, -0.25) is 4.79 Å². The maximum Gasteiger partial charge on any atom is 0.303 e. The molecule has 0 saturated heterocycles. The van der Waals surface area contributed by atoms with Gasteiger partial charge in [-0.2, -0.15) is 0 Å². The second kappa shape index (κ2) is 7.96. The van der Waals surface area contributed by atoms with E-state index in [0.717, 1.165) is 46.0 Å². The lowest BCUT2D eigenvalue weighted by Gasteiger charge is -2.17. The summed E-state index contributed by atoms with van der Waals surface area (Å²) >= 11 is 1.68. The fourth-order valence-electron chi connectivity index (χ4n) is 4.69. The van der Waals surface area contributed by atoms with E-state index in [9.17, 15) is 4.79 Å². The maximum atomic E-state index is 11.1. The molecule has 0 spiro atoms. The molecule has 1 N–H and O–H groups in total. The molecule has 0 radical (unpaired) electrons. The van der Waals surface area contributed by atoms with Crippen molar-refractivity contribution in [3.05, 3.63) is 64.9 Å². The molecule has 2 aromatic heterocycles. The lowest BCUT2D eigenvalue weighted by atomic mass is 9.95. The molecule has 1 aliphatic carbocycles. The minimum Gasteiger partial charge on any atom is -0.481 e. The van der Waals surface area contributed by atoms with Gasteiger partial charge in [-0.05, 0) is 48.9 Å². The molecule has 2 unspecified atom stereocenters. The number of carboxylic acid groups (broad SMARTS) is 1. The van der Waals surface area contributed by atoms with Crippen LogP contribution in [-0.4, -0.2) is 31.8 Å². The van der Waals surface area contributed by atoms with Crippen molar-refractivity contribution in [2.24, 2.45) is 0 Å². The first kappa shape index (κ1) is 20.0. The number of aromatic nitrogens is 3. The average molecular weight is 434 g/mol. The number of thioether (sulfide) groups is 1. The average Bonchev–Trinajstić information content (AvgIpc) is 3.32. The van der Waals surface area contributed by atoms with Crippen LogP contribution >= 0.6 is 11.8 Å². The third-order valence-electron chi connectivity index (χ3n) is 6.15. The summed E-state index contributed by atoms with van der Waals surface area (Å²) in [5.74, 6) is 0.626. The van der Waals surface area contributed by atoms with Crippen LogP contribution < -0.4 is 4.74 Å². The normalized spacial score (nSPS) is 19.2. The number of carbonyl (C=O) groups is 1. The molecule has 0 bridgehead atoms. The number of hydrogen-bond donors (Lipinski definition) is 1. The summed E-state index contributed by atoms with van der Waals surface area (Å²) in [6, 6.07) is 8.32. The molecule has 1 aromatic carbocycles. The van der Waals surface area contributed by atoms with Crippen LogP contribution in [0.15, 0.2) is 41.7 Å². The SMILES string of the molecule is Cc1ncnc(C)c1-c1cccc2c1CCC2Oc1cc2c(cn1)C(CC(=O)O)CS2. The van der Waals surface area contributed by atoms with E-state index >= 15 is 0 Å². The van der Waals surface area contributed by atoms with Gasteiger partial charge in [0.1, 0.15) is 12.4 Å². The predicted octanol–water partition coefficient (Wildman–Crippen LogP) is 4.89. The van der Waals surface area contributed by atoms with Crippen LogP contribution in [0.4, 0.5) is 0 Å². The molecule has 2 aliphatic rings. The quantitative estimate of drug-likeness (QED) is 0.613. The smallest absolute Gasteiger partial charge is 0.303 e. The van der Waals surface area contributed by atoms with E-state index in [4.69, 9.17) is 9.84 Å². The van der Waals surface area contributed by atoms with E-state index in [1.807, 2.05) is 19.9 Å². The summed E-state index contributed by atoms with van der Waals surface area (Å²) in [7, 11) is 0. The van der Waals surface area contributed by atoms with Crippen LogP contribution in [0.25, 0.3) is 11.1 Å². The van der Waals surface area contributed by atoms with Crippen LogP contribution in [-0.2, 0) is 11.2 Å². The number of ether oxygens (including phenoxy) is 1. The van der Waals surface area contributed by atoms with Crippen molar-refractivity contribution in [2.75, 3.05) is 5.75 Å². The standard InChI is InChI=1S/C24H23N3O3S/c1-13-24(14(2)27-12-26-13)18-5-3-4-17-16(18)6-7-20(17)30-22-9-21-19(10-25-22)15(11-31-21)8-23(28)29/h3-5,9-10,12,15,20H,6-8,11H2,1-2H3,(H,28,29). The minimum absolute atomic E-state index is 0.0217. The van der Waals surface area contributed by atoms with Gasteiger partial charge in [-0.1, -0.05) is 18.2 Å². The van der Waals surface area contributed by atoms with E-state index < -0.39 is 5.97 Å². The number of benzene rings is 1. The molecule has 31 heavy (non-hydrogen) atoms. The Labute approximate surface area is 185 Å². The van der Waals surface area contributed by atoms with Crippen molar-refractivity contribution in [1.82, 2.24) is 15.0 Å². The summed E-state index contributed by atoms with van der Waals surface area (Å²) in [5.41, 5.74) is 7.77. The Hall–Kier alpha value is -2.93. The molecule has 158 valence electrons. The van der Waals surface area contributed by atoms with Crippen molar-refractivity contribution in [3.8, 4) is 17.0 Å². The van der Waals surface area contributed by atoms with E-state index in [-0.39, 0.29) is 18.4 Å². The summed E-state index contributed by atoms with van der Waals surface area (Å²) in [6.45, 7) is 4.05. The van der Waals surface area contributed by atoms with Crippen molar-refractivity contribution in [3.63, 3.8) is 0 Å². The van der Waals surface area contributed by atoms with Gasteiger partial charge in [-0.15, -0.1) is 11.8 Å². The number of rotatable bonds is 5. The van der Waals surface area contributed by atoms with Gasteiger partial charge in [0.2, 0.25) is 5.88 Å². The Balaban J connectivity index is 1.42. The number of nitrogens with zero attached hydrogens (tertiary/aromatic N) is 3. The zero-order chi connectivity index (χ0) is 21.5. The summed E-state index contributed by atoms with van der Waals surface area (Å²) < 4.78 is 6.32. The molecule has 3 aromatic rings. The van der Waals surface area contributed by atoms with Gasteiger partial charge >= 0.3 is 5.97 Å². The Bertz CT molecular complexity index is 1160. The van der Waals surface area contributed by atoms with Gasteiger partial charge in [-0.25, -0.2) is 15.0 Å².